The summed E-state index contributed by atoms with van der Waals surface area (Å²) in [5, 5.41) is 2.95. The van der Waals surface area contributed by atoms with Crippen LogP contribution >= 0.6 is 0 Å². The molecule has 2 aromatic rings. The van der Waals surface area contributed by atoms with Crippen molar-refractivity contribution in [1.82, 2.24) is 15.3 Å². The predicted molar refractivity (Wildman–Crippen MR) is 59.3 cm³/mol. The van der Waals surface area contributed by atoms with Gasteiger partial charge in [0, 0.05) is 18.5 Å². The summed E-state index contributed by atoms with van der Waals surface area (Å²) in [6.07, 6.45) is 4.64. The Kier molecular flexibility index (Phi) is 3.39. The lowest BCUT2D eigenvalue weighted by Gasteiger charge is -2.15. The van der Waals surface area contributed by atoms with E-state index < -0.39 is 11.6 Å². The number of rotatable bonds is 3. The van der Waals surface area contributed by atoms with Crippen molar-refractivity contribution < 1.29 is 8.78 Å². The Labute approximate surface area is 97.5 Å². The van der Waals surface area contributed by atoms with E-state index in [1.54, 1.807) is 19.4 Å². The molecule has 2 rings (SSSR count). The number of benzene rings is 1. The molecule has 0 radical (unpaired) electrons. The van der Waals surface area contributed by atoms with Gasteiger partial charge in [-0.3, -0.25) is 9.97 Å². The quantitative estimate of drug-likeness (QED) is 0.884. The van der Waals surface area contributed by atoms with Crippen LogP contribution in [0.15, 0.2) is 36.8 Å². The molecule has 0 bridgehead atoms. The minimum Gasteiger partial charge on any atom is -0.308 e. The van der Waals surface area contributed by atoms with Gasteiger partial charge in [0.05, 0.1) is 17.9 Å². The van der Waals surface area contributed by atoms with Crippen LogP contribution in [0.5, 0.6) is 0 Å². The Morgan fingerprint density at radius 2 is 1.82 bits per heavy atom. The summed E-state index contributed by atoms with van der Waals surface area (Å²) in [4.78, 5) is 8.05. The third-order valence-corrected chi connectivity index (χ3v) is 2.39. The number of nitrogens with one attached hydrogen (secondary N) is 1. The van der Waals surface area contributed by atoms with Crippen molar-refractivity contribution in [3.05, 3.63) is 59.7 Å². The minimum atomic E-state index is -0.607. The molecule has 1 N–H and O–H groups in total. The van der Waals surface area contributed by atoms with Crippen molar-refractivity contribution in [3.8, 4) is 0 Å². The first-order chi connectivity index (χ1) is 8.20. The van der Waals surface area contributed by atoms with Gasteiger partial charge in [0.2, 0.25) is 0 Å². The fourth-order valence-corrected chi connectivity index (χ4v) is 1.69. The van der Waals surface area contributed by atoms with Crippen molar-refractivity contribution in [3.63, 3.8) is 0 Å². The summed E-state index contributed by atoms with van der Waals surface area (Å²) >= 11 is 0. The fourth-order valence-electron chi connectivity index (χ4n) is 1.69. The van der Waals surface area contributed by atoms with Gasteiger partial charge in [-0.15, -0.1) is 0 Å². The third kappa shape index (κ3) is 2.62. The van der Waals surface area contributed by atoms with Crippen LogP contribution in [0.25, 0.3) is 0 Å². The molecule has 0 aliphatic carbocycles. The standard InChI is InChI=1S/C12H11F2N3/c1-15-12(11-7-16-2-3-17-11)8-4-9(13)6-10(14)5-8/h2-7,12,15H,1H3. The zero-order chi connectivity index (χ0) is 12.3. The van der Waals surface area contributed by atoms with Crippen LogP contribution in [0, 0.1) is 11.6 Å². The fraction of sp³-hybridized carbons (Fsp3) is 0.167. The number of halogens is 2. The van der Waals surface area contributed by atoms with Crippen molar-refractivity contribution in [2.75, 3.05) is 7.05 Å². The number of aromatic nitrogens is 2. The summed E-state index contributed by atoms with van der Waals surface area (Å²) in [6.45, 7) is 0. The van der Waals surface area contributed by atoms with Gasteiger partial charge in [0.1, 0.15) is 11.6 Å². The lowest BCUT2D eigenvalue weighted by Crippen LogP contribution is -2.19. The molecule has 0 saturated carbocycles. The Balaban J connectivity index is 2.42. The van der Waals surface area contributed by atoms with E-state index in [0.717, 1.165) is 6.07 Å². The first-order valence-electron chi connectivity index (χ1n) is 5.10. The van der Waals surface area contributed by atoms with Crippen molar-refractivity contribution in [2.24, 2.45) is 0 Å². The van der Waals surface area contributed by atoms with E-state index in [9.17, 15) is 8.78 Å². The molecule has 0 aliphatic rings. The van der Waals surface area contributed by atoms with Crippen LogP contribution < -0.4 is 5.32 Å². The highest BCUT2D eigenvalue weighted by Crippen LogP contribution is 2.21. The normalized spacial score (nSPS) is 12.4. The maximum atomic E-state index is 13.1. The third-order valence-electron chi connectivity index (χ3n) is 2.39. The van der Waals surface area contributed by atoms with E-state index in [2.05, 4.69) is 15.3 Å². The highest BCUT2D eigenvalue weighted by molar-refractivity contribution is 5.27. The smallest absolute Gasteiger partial charge is 0.126 e. The van der Waals surface area contributed by atoms with Gasteiger partial charge >= 0.3 is 0 Å². The molecular formula is C12H11F2N3. The SMILES string of the molecule is CNC(c1cc(F)cc(F)c1)c1cnccn1. The van der Waals surface area contributed by atoms with E-state index in [1.165, 1.54) is 18.3 Å². The molecule has 1 atom stereocenters. The largest absolute Gasteiger partial charge is 0.308 e. The molecule has 5 heteroatoms. The molecule has 1 aromatic heterocycles. The molecule has 0 aliphatic heterocycles. The van der Waals surface area contributed by atoms with Gasteiger partial charge in [-0.1, -0.05) is 0 Å². The topological polar surface area (TPSA) is 37.8 Å². The average molecular weight is 235 g/mol. The van der Waals surface area contributed by atoms with Crippen LogP contribution in [-0.2, 0) is 0 Å². The van der Waals surface area contributed by atoms with E-state index in [1.807, 2.05) is 0 Å². The van der Waals surface area contributed by atoms with Crippen LogP contribution in [0.1, 0.15) is 17.3 Å². The second-order valence-electron chi connectivity index (χ2n) is 3.55. The van der Waals surface area contributed by atoms with Gasteiger partial charge < -0.3 is 5.32 Å². The monoisotopic (exact) mass is 235 g/mol. The summed E-state index contributed by atoms with van der Waals surface area (Å²) in [5.74, 6) is -1.21. The minimum absolute atomic E-state index is 0.381. The van der Waals surface area contributed by atoms with E-state index in [0.29, 0.717) is 11.3 Å². The Morgan fingerprint density at radius 1 is 1.12 bits per heavy atom. The summed E-state index contributed by atoms with van der Waals surface area (Å²) in [6, 6.07) is 3.01. The van der Waals surface area contributed by atoms with E-state index in [4.69, 9.17) is 0 Å². The van der Waals surface area contributed by atoms with Crippen LogP contribution in [0.2, 0.25) is 0 Å². The molecule has 0 spiro atoms. The molecule has 1 unspecified atom stereocenters. The average Bonchev–Trinajstić information content (AvgIpc) is 2.30. The Morgan fingerprint density at radius 3 is 2.35 bits per heavy atom. The second kappa shape index (κ2) is 4.97. The lowest BCUT2D eigenvalue weighted by molar-refractivity contribution is 0.569. The Hall–Kier alpha value is -1.88. The van der Waals surface area contributed by atoms with Gasteiger partial charge in [-0.25, -0.2) is 8.78 Å². The van der Waals surface area contributed by atoms with Crippen LogP contribution in [-0.4, -0.2) is 17.0 Å². The van der Waals surface area contributed by atoms with Gasteiger partial charge in [-0.2, -0.15) is 0 Å². The molecule has 88 valence electrons. The number of hydrogen-bond donors (Lipinski definition) is 1. The van der Waals surface area contributed by atoms with E-state index >= 15 is 0 Å². The molecular weight excluding hydrogens is 224 g/mol. The summed E-state index contributed by atoms with van der Waals surface area (Å²) in [7, 11) is 1.70. The molecule has 1 aromatic carbocycles. The van der Waals surface area contributed by atoms with Crippen molar-refractivity contribution in [1.29, 1.82) is 0 Å². The number of nitrogens with zero attached hydrogens (tertiary/aromatic N) is 2. The molecule has 0 fully saturated rings. The highest BCUT2D eigenvalue weighted by atomic mass is 19.1. The maximum absolute atomic E-state index is 13.1. The summed E-state index contributed by atoms with van der Waals surface area (Å²) in [5.41, 5.74) is 1.09. The molecule has 17 heavy (non-hydrogen) atoms. The molecule has 3 nitrogen and oxygen atoms in total. The zero-order valence-electron chi connectivity index (χ0n) is 9.19. The molecule has 0 saturated heterocycles. The van der Waals surface area contributed by atoms with Gasteiger partial charge in [-0.05, 0) is 24.7 Å². The molecule has 0 amide bonds. The van der Waals surface area contributed by atoms with Crippen molar-refractivity contribution >= 4 is 0 Å². The lowest BCUT2D eigenvalue weighted by atomic mass is 10.0. The first-order valence-corrected chi connectivity index (χ1v) is 5.10. The zero-order valence-corrected chi connectivity index (χ0v) is 9.19. The second-order valence-corrected chi connectivity index (χ2v) is 3.55. The highest BCUT2D eigenvalue weighted by Gasteiger charge is 2.15. The molecule has 1 heterocycles. The first kappa shape index (κ1) is 11.6. The van der Waals surface area contributed by atoms with E-state index in [-0.39, 0.29) is 6.04 Å². The van der Waals surface area contributed by atoms with Gasteiger partial charge in [0.15, 0.2) is 0 Å². The van der Waals surface area contributed by atoms with Gasteiger partial charge in [0.25, 0.3) is 0 Å². The number of hydrogen-bond acceptors (Lipinski definition) is 3. The van der Waals surface area contributed by atoms with Crippen LogP contribution in [0.3, 0.4) is 0 Å². The van der Waals surface area contributed by atoms with Crippen LogP contribution in [0.4, 0.5) is 8.78 Å². The summed E-state index contributed by atoms with van der Waals surface area (Å²) < 4.78 is 26.3. The predicted octanol–water partition coefficient (Wildman–Crippen LogP) is 2.06. The Bertz CT molecular complexity index is 482. The van der Waals surface area contributed by atoms with Crippen molar-refractivity contribution in [2.45, 2.75) is 6.04 Å². The maximum Gasteiger partial charge on any atom is 0.126 e.